The summed E-state index contributed by atoms with van der Waals surface area (Å²) in [7, 11) is 0. The Labute approximate surface area is 120 Å². The maximum atomic E-state index is 12.4. The topological polar surface area (TPSA) is 29.5 Å². The number of carbonyl (C=O) groups is 1. The molecule has 0 aromatic heterocycles. The summed E-state index contributed by atoms with van der Waals surface area (Å²) in [5, 5.41) is 0.613. The second-order valence-electron chi connectivity index (χ2n) is 4.59. The van der Waals surface area contributed by atoms with Crippen LogP contribution in [0, 0.1) is 0 Å². The number of halogens is 2. The third-order valence-corrected chi connectivity index (χ3v) is 3.76. The Morgan fingerprint density at radius 3 is 2.56 bits per heavy atom. The van der Waals surface area contributed by atoms with Crippen LogP contribution in [0.4, 0.5) is 0 Å². The number of rotatable bonds is 1. The van der Waals surface area contributed by atoms with Crippen molar-refractivity contribution in [1.29, 1.82) is 0 Å². The number of ether oxygens (including phenoxy) is 1. The van der Waals surface area contributed by atoms with Crippen molar-refractivity contribution in [2.75, 3.05) is 13.1 Å². The van der Waals surface area contributed by atoms with Gasteiger partial charge in [-0.3, -0.25) is 4.79 Å². The van der Waals surface area contributed by atoms with Crippen LogP contribution in [0.5, 0.6) is 0 Å². The lowest BCUT2D eigenvalue weighted by Gasteiger charge is -2.35. The predicted octanol–water partition coefficient (Wildman–Crippen LogP) is 3.35. The van der Waals surface area contributed by atoms with Crippen molar-refractivity contribution in [1.82, 2.24) is 4.90 Å². The van der Waals surface area contributed by atoms with Gasteiger partial charge in [0, 0.05) is 22.6 Å². The minimum absolute atomic E-state index is 0.0144. The zero-order chi connectivity index (χ0) is 13.3. The molecular weight excluding hydrogens is 318 g/mol. The van der Waals surface area contributed by atoms with E-state index in [1.807, 2.05) is 18.7 Å². The van der Waals surface area contributed by atoms with E-state index < -0.39 is 0 Å². The smallest absolute Gasteiger partial charge is 0.255 e. The van der Waals surface area contributed by atoms with Crippen LogP contribution < -0.4 is 0 Å². The van der Waals surface area contributed by atoms with Crippen LogP contribution in [-0.4, -0.2) is 36.1 Å². The van der Waals surface area contributed by atoms with Gasteiger partial charge in [-0.2, -0.15) is 0 Å². The molecule has 1 aromatic carbocycles. The highest BCUT2D eigenvalue weighted by Gasteiger charge is 2.27. The van der Waals surface area contributed by atoms with Gasteiger partial charge < -0.3 is 9.64 Å². The fourth-order valence-electron chi connectivity index (χ4n) is 2.18. The monoisotopic (exact) mass is 331 g/mol. The SMILES string of the molecule is C[C@@H]1CN(C(=O)c2ccc(Cl)cc2Br)C[C@H](C)O1. The lowest BCUT2D eigenvalue weighted by atomic mass is 10.1. The summed E-state index contributed by atoms with van der Waals surface area (Å²) < 4.78 is 6.35. The van der Waals surface area contributed by atoms with E-state index in [1.165, 1.54) is 0 Å². The number of hydrogen-bond acceptors (Lipinski definition) is 2. The van der Waals surface area contributed by atoms with Crippen molar-refractivity contribution < 1.29 is 9.53 Å². The molecule has 0 radical (unpaired) electrons. The Morgan fingerprint density at radius 1 is 1.39 bits per heavy atom. The van der Waals surface area contributed by atoms with E-state index in [0.29, 0.717) is 23.7 Å². The van der Waals surface area contributed by atoms with Gasteiger partial charge in [0.15, 0.2) is 0 Å². The molecule has 1 fully saturated rings. The number of nitrogens with zero attached hydrogens (tertiary/aromatic N) is 1. The van der Waals surface area contributed by atoms with Gasteiger partial charge in [-0.1, -0.05) is 11.6 Å². The van der Waals surface area contributed by atoms with Gasteiger partial charge >= 0.3 is 0 Å². The number of morpholine rings is 1. The summed E-state index contributed by atoms with van der Waals surface area (Å²) in [6.45, 7) is 5.20. The molecular formula is C13H15BrClNO2. The number of amides is 1. The predicted molar refractivity (Wildman–Crippen MR) is 75.1 cm³/mol. The van der Waals surface area contributed by atoms with Crippen LogP contribution in [0.1, 0.15) is 24.2 Å². The van der Waals surface area contributed by atoms with E-state index in [2.05, 4.69) is 15.9 Å². The Bertz CT molecular complexity index is 456. The van der Waals surface area contributed by atoms with Crippen molar-refractivity contribution in [2.24, 2.45) is 0 Å². The summed E-state index contributed by atoms with van der Waals surface area (Å²) in [6, 6.07) is 5.22. The molecule has 0 spiro atoms. The van der Waals surface area contributed by atoms with E-state index in [0.717, 1.165) is 4.47 Å². The van der Waals surface area contributed by atoms with E-state index >= 15 is 0 Å². The van der Waals surface area contributed by atoms with Crippen molar-refractivity contribution in [2.45, 2.75) is 26.1 Å². The summed E-state index contributed by atoms with van der Waals surface area (Å²) >= 11 is 9.26. The van der Waals surface area contributed by atoms with E-state index in [9.17, 15) is 4.79 Å². The zero-order valence-electron chi connectivity index (χ0n) is 10.3. The maximum Gasteiger partial charge on any atom is 0.255 e. The largest absolute Gasteiger partial charge is 0.372 e. The van der Waals surface area contributed by atoms with Gasteiger partial charge in [-0.15, -0.1) is 0 Å². The second kappa shape index (κ2) is 5.59. The molecule has 0 bridgehead atoms. The standard InChI is InChI=1S/C13H15BrClNO2/c1-8-6-16(7-9(2)18-8)13(17)11-4-3-10(15)5-12(11)14/h3-5,8-9H,6-7H2,1-2H3/t8-,9+. The average Bonchev–Trinajstić information content (AvgIpc) is 2.26. The van der Waals surface area contributed by atoms with Crippen LogP contribution in [-0.2, 0) is 4.74 Å². The quantitative estimate of drug-likeness (QED) is 0.789. The molecule has 1 heterocycles. The molecule has 0 saturated carbocycles. The first-order chi connectivity index (χ1) is 8.47. The lowest BCUT2D eigenvalue weighted by Crippen LogP contribution is -2.48. The molecule has 0 aliphatic carbocycles. The molecule has 1 amide bonds. The minimum atomic E-state index is 0.0144. The lowest BCUT2D eigenvalue weighted by molar-refractivity contribution is -0.0586. The van der Waals surface area contributed by atoms with Crippen LogP contribution >= 0.6 is 27.5 Å². The second-order valence-corrected chi connectivity index (χ2v) is 5.88. The molecule has 3 nitrogen and oxygen atoms in total. The Kier molecular flexibility index (Phi) is 4.30. The summed E-state index contributed by atoms with van der Waals surface area (Å²) in [6.07, 6.45) is 0.146. The molecule has 1 aliphatic heterocycles. The number of carbonyl (C=O) groups excluding carboxylic acids is 1. The molecule has 18 heavy (non-hydrogen) atoms. The molecule has 1 saturated heterocycles. The fraction of sp³-hybridized carbons (Fsp3) is 0.462. The van der Waals surface area contributed by atoms with Crippen LogP contribution in [0.25, 0.3) is 0 Å². The molecule has 0 N–H and O–H groups in total. The van der Waals surface area contributed by atoms with Crippen molar-refractivity contribution in [3.05, 3.63) is 33.3 Å². The highest BCUT2D eigenvalue weighted by molar-refractivity contribution is 9.10. The highest BCUT2D eigenvalue weighted by Crippen LogP contribution is 2.24. The van der Waals surface area contributed by atoms with E-state index in [1.54, 1.807) is 18.2 Å². The van der Waals surface area contributed by atoms with Crippen LogP contribution in [0.3, 0.4) is 0 Å². The first-order valence-electron chi connectivity index (χ1n) is 5.87. The normalized spacial score (nSPS) is 24.1. The summed E-state index contributed by atoms with van der Waals surface area (Å²) in [5.41, 5.74) is 0.640. The third kappa shape index (κ3) is 3.05. The Hall–Kier alpha value is -0.580. The highest BCUT2D eigenvalue weighted by atomic mass is 79.9. The Morgan fingerprint density at radius 2 is 2.00 bits per heavy atom. The van der Waals surface area contributed by atoms with Gasteiger partial charge in [0.1, 0.15) is 0 Å². The molecule has 98 valence electrons. The van der Waals surface area contributed by atoms with E-state index in [-0.39, 0.29) is 18.1 Å². The maximum absolute atomic E-state index is 12.4. The first-order valence-corrected chi connectivity index (χ1v) is 7.04. The molecule has 2 atom stereocenters. The van der Waals surface area contributed by atoms with Crippen molar-refractivity contribution >= 4 is 33.4 Å². The molecule has 5 heteroatoms. The zero-order valence-corrected chi connectivity index (χ0v) is 12.7. The van der Waals surface area contributed by atoms with Crippen LogP contribution in [0.2, 0.25) is 5.02 Å². The van der Waals surface area contributed by atoms with Crippen LogP contribution in [0.15, 0.2) is 22.7 Å². The molecule has 2 rings (SSSR count). The fourth-order valence-corrected chi connectivity index (χ4v) is 3.03. The molecule has 1 aliphatic rings. The van der Waals surface area contributed by atoms with Gasteiger partial charge in [-0.05, 0) is 48.0 Å². The summed E-state index contributed by atoms with van der Waals surface area (Å²) in [4.78, 5) is 14.2. The van der Waals surface area contributed by atoms with Gasteiger partial charge in [0.05, 0.1) is 17.8 Å². The minimum Gasteiger partial charge on any atom is -0.372 e. The first kappa shape index (κ1) is 13.8. The molecule has 0 unspecified atom stereocenters. The average molecular weight is 333 g/mol. The van der Waals surface area contributed by atoms with E-state index in [4.69, 9.17) is 16.3 Å². The molecule has 1 aromatic rings. The number of hydrogen-bond donors (Lipinski definition) is 0. The summed E-state index contributed by atoms with van der Waals surface area (Å²) in [5.74, 6) is 0.0144. The Balaban J connectivity index is 2.20. The van der Waals surface area contributed by atoms with Crippen molar-refractivity contribution in [3.63, 3.8) is 0 Å². The van der Waals surface area contributed by atoms with Gasteiger partial charge in [-0.25, -0.2) is 0 Å². The van der Waals surface area contributed by atoms with Gasteiger partial charge in [0.2, 0.25) is 0 Å². The van der Waals surface area contributed by atoms with Gasteiger partial charge in [0.25, 0.3) is 5.91 Å². The third-order valence-electron chi connectivity index (χ3n) is 2.87. The van der Waals surface area contributed by atoms with Crippen molar-refractivity contribution in [3.8, 4) is 0 Å². The number of benzene rings is 1.